The highest BCUT2D eigenvalue weighted by atomic mass is 32.2. The van der Waals surface area contributed by atoms with Gasteiger partial charge in [-0.05, 0) is 18.9 Å². The van der Waals surface area contributed by atoms with Gasteiger partial charge in [-0.2, -0.15) is 4.31 Å². The fourth-order valence-corrected chi connectivity index (χ4v) is 3.36. The summed E-state index contributed by atoms with van der Waals surface area (Å²) in [5.74, 6) is 0. The summed E-state index contributed by atoms with van der Waals surface area (Å²) >= 11 is 4.83. The molecular formula is C10H13N2O2S2-. The number of aromatic nitrogens is 1. The molecule has 16 heavy (non-hydrogen) atoms. The quantitative estimate of drug-likeness (QED) is 0.746. The van der Waals surface area contributed by atoms with Gasteiger partial charge in [-0.1, -0.05) is 17.5 Å². The van der Waals surface area contributed by atoms with E-state index in [1.165, 1.54) is 16.6 Å². The molecule has 0 bridgehead atoms. The number of sulfonamides is 1. The second-order valence-electron chi connectivity index (χ2n) is 3.80. The van der Waals surface area contributed by atoms with Crippen molar-refractivity contribution in [3.8, 4) is 0 Å². The van der Waals surface area contributed by atoms with Gasteiger partial charge in [-0.3, -0.25) is 4.98 Å². The van der Waals surface area contributed by atoms with Gasteiger partial charge in [0.05, 0.1) is 0 Å². The van der Waals surface area contributed by atoms with Gasteiger partial charge in [-0.15, -0.1) is 0 Å². The van der Waals surface area contributed by atoms with Crippen LogP contribution in [0.3, 0.4) is 0 Å². The van der Waals surface area contributed by atoms with E-state index in [0.29, 0.717) is 18.1 Å². The molecule has 0 aliphatic carbocycles. The molecule has 4 nitrogen and oxygen atoms in total. The fraction of sp³-hybridized carbons (Fsp3) is 0.500. The predicted molar refractivity (Wildman–Crippen MR) is 62.5 cm³/mol. The van der Waals surface area contributed by atoms with E-state index in [9.17, 15) is 8.42 Å². The van der Waals surface area contributed by atoms with Gasteiger partial charge >= 0.3 is 0 Å². The highest BCUT2D eigenvalue weighted by Gasteiger charge is 2.25. The lowest BCUT2D eigenvalue weighted by Gasteiger charge is -2.25. The largest absolute Gasteiger partial charge is 0.760 e. The van der Waals surface area contributed by atoms with E-state index in [4.69, 9.17) is 12.6 Å². The van der Waals surface area contributed by atoms with Crippen LogP contribution in [0.2, 0.25) is 0 Å². The summed E-state index contributed by atoms with van der Waals surface area (Å²) in [5, 5.41) is 0.414. The van der Waals surface area contributed by atoms with Crippen LogP contribution in [0.5, 0.6) is 0 Å². The Labute approximate surface area is 101 Å². The van der Waals surface area contributed by atoms with E-state index in [1.54, 1.807) is 6.07 Å². The van der Waals surface area contributed by atoms with Crippen LogP contribution in [0, 0.1) is 0 Å². The molecule has 0 N–H and O–H groups in total. The zero-order valence-electron chi connectivity index (χ0n) is 8.80. The van der Waals surface area contributed by atoms with Crippen molar-refractivity contribution in [3.05, 3.63) is 18.3 Å². The number of hydrogen-bond acceptors (Lipinski definition) is 4. The van der Waals surface area contributed by atoms with Crippen molar-refractivity contribution in [1.82, 2.24) is 9.29 Å². The molecule has 0 atom stereocenters. The summed E-state index contributed by atoms with van der Waals surface area (Å²) in [5.41, 5.74) is 0. The Morgan fingerprint density at radius 1 is 1.19 bits per heavy atom. The first kappa shape index (κ1) is 11.8. The molecule has 1 aliphatic heterocycles. The summed E-state index contributed by atoms with van der Waals surface area (Å²) in [6.45, 7) is 1.22. The molecule has 6 heteroatoms. The average Bonchev–Trinajstić information content (AvgIpc) is 2.31. The molecular weight excluding hydrogens is 244 g/mol. The topological polar surface area (TPSA) is 50.3 Å². The molecule has 2 rings (SSSR count). The number of pyridine rings is 1. The van der Waals surface area contributed by atoms with Crippen molar-refractivity contribution >= 4 is 22.7 Å². The van der Waals surface area contributed by atoms with Crippen LogP contribution in [-0.4, -0.2) is 30.8 Å². The van der Waals surface area contributed by atoms with Gasteiger partial charge in [0.2, 0.25) is 10.0 Å². The van der Waals surface area contributed by atoms with E-state index in [1.807, 2.05) is 0 Å². The molecule has 0 spiro atoms. The lowest BCUT2D eigenvalue weighted by atomic mass is 10.2. The smallest absolute Gasteiger partial charge is 0.244 e. The summed E-state index contributed by atoms with van der Waals surface area (Å²) in [7, 11) is -3.35. The molecule has 0 saturated carbocycles. The van der Waals surface area contributed by atoms with Gasteiger partial charge < -0.3 is 12.6 Å². The molecule has 0 radical (unpaired) electrons. The molecule has 0 unspecified atom stereocenters. The predicted octanol–water partition coefficient (Wildman–Crippen LogP) is 1.16. The second kappa shape index (κ2) is 4.65. The Morgan fingerprint density at radius 3 is 2.44 bits per heavy atom. The number of piperidine rings is 1. The Kier molecular flexibility index (Phi) is 3.41. The van der Waals surface area contributed by atoms with Gasteiger partial charge in [-0.25, -0.2) is 8.42 Å². The Bertz CT molecular complexity index is 450. The molecule has 1 aromatic rings. The van der Waals surface area contributed by atoms with Gasteiger partial charge in [0.15, 0.2) is 0 Å². The number of nitrogens with zero attached hydrogens (tertiary/aromatic N) is 2. The van der Waals surface area contributed by atoms with Crippen LogP contribution in [0.25, 0.3) is 0 Å². The SMILES string of the molecule is O=S(=O)(c1ccc([S-])nc1)N1CCCCC1. The van der Waals surface area contributed by atoms with Crippen molar-refractivity contribution in [1.29, 1.82) is 0 Å². The van der Waals surface area contributed by atoms with Crippen molar-refractivity contribution in [2.75, 3.05) is 13.1 Å². The molecule has 1 fully saturated rings. The maximum Gasteiger partial charge on any atom is 0.244 e. The molecule has 0 aromatic carbocycles. The summed E-state index contributed by atoms with van der Waals surface area (Å²) in [6.07, 6.45) is 4.32. The van der Waals surface area contributed by atoms with Crippen LogP contribution in [0.15, 0.2) is 28.3 Å². The summed E-state index contributed by atoms with van der Waals surface area (Å²) < 4.78 is 25.8. The first-order valence-electron chi connectivity index (χ1n) is 5.24. The van der Waals surface area contributed by atoms with Crippen LogP contribution >= 0.6 is 0 Å². The molecule has 1 aromatic heterocycles. The maximum atomic E-state index is 12.2. The Balaban J connectivity index is 2.27. The Morgan fingerprint density at radius 2 is 1.88 bits per heavy atom. The van der Waals surface area contributed by atoms with E-state index >= 15 is 0 Å². The lowest BCUT2D eigenvalue weighted by molar-refractivity contribution is 0.346. The van der Waals surface area contributed by atoms with Crippen LogP contribution in [0.1, 0.15) is 19.3 Å². The second-order valence-corrected chi connectivity index (χ2v) is 6.15. The van der Waals surface area contributed by atoms with Crippen molar-refractivity contribution < 1.29 is 8.42 Å². The first-order valence-corrected chi connectivity index (χ1v) is 7.09. The third-order valence-electron chi connectivity index (χ3n) is 2.66. The summed E-state index contributed by atoms with van der Waals surface area (Å²) in [6, 6.07) is 3.07. The summed E-state index contributed by atoms with van der Waals surface area (Å²) in [4.78, 5) is 4.09. The molecule has 1 aliphatic rings. The van der Waals surface area contributed by atoms with Crippen molar-refractivity contribution in [2.24, 2.45) is 0 Å². The highest BCUT2D eigenvalue weighted by molar-refractivity contribution is 7.89. The normalized spacial score (nSPS) is 18.5. The monoisotopic (exact) mass is 257 g/mol. The first-order chi connectivity index (χ1) is 7.60. The third-order valence-corrected chi connectivity index (χ3v) is 4.79. The van der Waals surface area contributed by atoms with E-state index in [-0.39, 0.29) is 4.90 Å². The van der Waals surface area contributed by atoms with E-state index in [2.05, 4.69) is 4.98 Å². The van der Waals surface area contributed by atoms with Crippen molar-refractivity contribution in [2.45, 2.75) is 29.2 Å². The van der Waals surface area contributed by atoms with Crippen molar-refractivity contribution in [3.63, 3.8) is 0 Å². The number of rotatable bonds is 2. The van der Waals surface area contributed by atoms with E-state index < -0.39 is 10.0 Å². The molecule has 1 saturated heterocycles. The Hall–Kier alpha value is -0.720. The van der Waals surface area contributed by atoms with Crippen LogP contribution < -0.4 is 0 Å². The molecule has 2 heterocycles. The molecule has 88 valence electrons. The van der Waals surface area contributed by atoms with Gasteiger partial charge in [0.1, 0.15) is 4.90 Å². The molecule has 0 amide bonds. The minimum absolute atomic E-state index is 0.239. The number of hydrogen-bond donors (Lipinski definition) is 0. The van der Waals surface area contributed by atoms with Crippen LogP contribution in [0.4, 0.5) is 0 Å². The van der Waals surface area contributed by atoms with Gasteiger partial charge in [0.25, 0.3) is 0 Å². The lowest BCUT2D eigenvalue weighted by Crippen LogP contribution is -2.35. The zero-order chi connectivity index (χ0) is 11.6. The fourth-order valence-electron chi connectivity index (χ4n) is 1.77. The minimum Gasteiger partial charge on any atom is -0.760 e. The highest BCUT2D eigenvalue weighted by Crippen LogP contribution is 2.19. The zero-order valence-corrected chi connectivity index (χ0v) is 10.4. The standard InChI is InChI=1S/C10H14N2O2S2/c13-16(14,12-6-2-1-3-7-12)9-4-5-10(15)11-8-9/h4-5,8H,1-3,6-7H2,(H,11,15)/p-1. The minimum atomic E-state index is -3.35. The average molecular weight is 257 g/mol. The maximum absolute atomic E-state index is 12.2. The van der Waals surface area contributed by atoms with Gasteiger partial charge in [0, 0.05) is 19.3 Å². The van der Waals surface area contributed by atoms with Crippen LogP contribution in [-0.2, 0) is 22.7 Å². The van der Waals surface area contributed by atoms with E-state index in [0.717, 1.165) is 19.3 Å². The third kappa shape index (κ3) is 2.34.